The van der Waals surface area contributed by atoms with Gasteiger partial charge in [-0.25, -0.2) is 9.97 Å². The summed E-state index contributed by atoms with van der Waals surface area (Å²) in [5.74, 6) is 1.60. The van der Waals surface area contributed by atoms with Crippen molar-refractivity contribution in [3.63, 3.8) is 0 Å². The highest BCUT2D eigenvalue weighted by Gasteiger charge is 2.24. The van der Waals surface area contributed by atoms with Crippen molar-refractivity contribution in [2.24, 2.45) is 0 Å². The molecule has 0 aliphatic carbocycles. The minimum absolute atomic E-state index is 0.0225. The first-order valence-electron chi connectivity index (χ1n) is 10.4. The summed E-state index contributed by atoms with van der Waals surface area (Å²) >= 11 is 0. The van der Waals surface area contributed by atoms with Gasteiger partial charge in [0.25, 0.3) is 5.91 Å². The molecular weight excluding hydrogens is 350 g/mol. The molecule has 2 aliphatic rings. The Labute approximate surface area is 167 Å². The molecule has 28 heavy (non-hydrogen) atoms. The number of benzene rings is 1. The number of para-hydroxylation sites is 1. The molecule has 1 aromatic carbocycles. The van der Waals surface area contributed by atoms with E-state index >= 15 is 0 Å². The van der Waals surface area contributed by atoms with Gasteiger partial charge in [0.1, 0.15) is 17.3 Å². The average molecular weight is 380 g/mol. The fourth-order valence-corrected chi connectivity index (χ4v) is 4.09. The van der Waals surface area contributed by atoms with Gasteiger partial charge >= 0.3 is 0 Å². The molecule has 2 saturated heterocycles. The second-order valence-corrected chi connectivity index (χ2v) is 7.67. The summed E-state index contributed by atoms with van der Waals surface area (Å²) in [6.45, 7) is 7.04. The first-order chi connectivity index (χ1) is 13.7. The predicted molar refractivity (Wildman–Crippen MR) is 112 cm³/mol. The van der Waals surface area contributed by atoms with Crippen molar-refractivity contribution in [1.82, 2.24) is 14.9 Å². The van der Waals surface area contributed by atoms with Crippen LogP contribution in [0.2, 0.25) is 0 Å². The van der Waals surface area contributed by atoms with Crippen molar-refractivity contribution in [2.75, 3.05) is 49.1 Å². The van der Waals surface area contributed by atoms with Crippen LogP contribution in [0.3, 0.4) is 0 Å². The van der Waals surface area contributed by atoms with Crippen molar-refractivity contribution >= 4 is 17.4 Å². The zero-order valence-corrected chi connectivity index (χ0v) is 16.7. The lowest BCUT2D eigenvalue weighted by atomic mass is 10.2. The Morgan fingerprint density at radius 2 is 1.50 bits per heavy atom. The van der Waals surface area contributed by atoms with Crippen LogP contribution in [0.4, 0.5) is 11.5 Å². The molecule has 0 atom stereocenters. The van der Waals surface area contributed by atoms with E-state index in [-0.39, 0.29) is 5.91 Å². The van der Waals surface area contributed by atoms with Gasteiger partial charge in [0.05, 0.1) is 0 Å². The number of nitrogens with zero attached hydrogens (tertiary/aromatic N) is 5. The minimum Gasteiger partial charge on any atom is -0.368 e. The molecule has 148 valence electrons. The number of aryl methyl sites for hydroxylation is 1. The largest absolute Gasteiger partial charge is 0.368 e. The lowest BCUT2D eigenvalue weighted by Gasteiger charge is -2.36. The van der Waals surface area contributed by atoms with Gasteiger partial charge in [-0.3, -0.25) is 4.79 Å². The standard InChI is InChI=1S/C22H29N5O/c1-18-23-20(17-21(24-18)26-11-7-2-3-8-12-26)22(28)27-15-13-25(14-16-27)19-9-5-4-6-10-19/h4-6,9-10,17H,2-3,7-8,11-16H2,1H3. The van der Waals surface area contributed by atoms with Gasteiger partial charge in [0.2, 0.25) is 0 Å². The predicted octanol–water partition coefficient (Wildman–Crippen LogP) is 3.13. The molecule has 2 aromatic rings. The third-order valence-electron chi connectivity index (χ3n) is 5.66. The molecule has 1 aromatic heterocycles. The van der Waals surface area contributed by atoms with E-state index in [1.807, 2.05) is 24.0 Å². The molecule has 0 saturated carbocycles. The van der Waals surface area contributed by atoms with Crippen molar-refractivity contribution in [2.45, 2.75) is 32.6 Å². The zero-order valence-electron chi connectivity index (χ0n) is 16.7. The Bertz CT molecular complexity index is 794. The van der Waals surface area contributed by atoms with Crippen LogP contribution in [0.15, 0.2) is 36.4 Å². The van der Waals surface area contributed by atoms with Crippen LogP contribution in [-0.4, -0.2) is 60.0 Å². The topological polar surface area (TPSA) is 52.6 Å². The SMILES string of the molecule is Cc1nc(C(=O)N2CCN(c3ccccc3)CC2)cc(N2CCCCCC2)n1. The van der Waals surface area contributed by atoms with Crippen LogP contribution in [0.1, 0.15) is 42.0 Å². The molecule has 3 heterocycles. The smallest absolute Gasteiger partial charge is 0.272 e. The molecule has 0 N–H and O–H groups in total. The lowest BCUT2D eigenvalue weighted by Crippen LogP contribution is -2.49. The molecule has 0 radical (unpaired) electrons. The molecule has 1 amide bonds. The number of aromatic nitrogens is 2. The Morgan fingerprint density at radius 3 is 2.18 bits per heavy atom. The monoisotopic (exact) mass is 379 g/mol. The second-order valence-electron chi connectivity index (χ2n) is 7.67. The molecule has 0 spiro atoms. The number of piperazine rings is 1. The van der Waals surface area contributed by atoms with E-state index in [0.717, 1.165) is 45.1 Å². The van der Waals surface area contributed by atoms with Crippen LogP contribution in [-0.2, 0) is 0 Å². The first-order valence-corrected chi connectivity index (χ1v) is 10.4. The third-order valence-corrected chi connectivity index (χ3v) is 5.66. The number of carbonyl (C=O) groups excluding carboxylic acids is 1. The van der Waals surface area contributed by atoms with Gasteiger partial charge in [-0.15, -0.1) is 0 Å². The molecule has 0 unspecified atom stereocenters. The summed E-state index contributed by atoms with van der Waals surface area (Å²) in [6, 6.07) is 12.3. The number of anilines is 2. The molecule has 4 rings (SSSR count). The highest BCUT2D eigenvalue weighted by Crippen LogP contribution is 2.20. The fraction of sp³-hybridized carbons (Fsp3) is 0.500. The number of hydrogen-bond acceptors (Lipinski definition) is 5. The summed E-state index contributed by atoms with van der Waals surface area (Å²) in [7, 11) is 0. The lowest BCUT2D eigenvalue weighted by molar-refractivity contribution is 0.0740. The normalized spacial score (nSPS) is 18.1. The van der Waals surface area contributed by atoms with Crippen LogP contribution in [0.25, 0.3) is 0 Å². The van der Waals surface area contributed by atoms with E-state index in [2.05, 4.69) is 44.0 Å². The number of rotatable bonds is 3. The molecule has 0 bridgehead atoms. The highest BCUT2D eigenvalue weighted by atomic mass is 16.2. The van der Waals surface area contributed by atoms with E-state index in [1.165, 1.54) is 31.4 Å². The average Bonchev–Trinajstić information content (AvgIpc) is 3.03. The minimum atomic E-state index is 0.0225. The molecule has 6 heteroatoms. The van der Waals surface area contributed by atoms with Gasteiger partial charge < -0.3 is 14.7 Å². The molecule has 6 nitrogen and oxygen atoms in total. The van der Waals surface area contributed by atoms with Gasteiger partial charge in [-0.2, -0.15) is 0 Å². The summed E-state index contributed by atoms with van der Waals surface area (Å²) in [6.07, 6.45) is 4.93. The van der Waals surface area contributed by atoms with Gasteiger partial charge in [0.15, 0.2) is 0 Å². The van der Waals surface area contributed by atoms with Crippen molar-refractivity contribution < 1.29 is 4.79 Å². The maximum absolute atomic E-state index is 13.1. The third kappa shape index (κ3) is 4.26. The van der Waals surface area contributed by atoms with E-state index in [4.69, 9.17) is 0 Å². The van der Waals surface area contributed by atoms with Gasteiger partial charge in [-0.05, 0) is 31.9 Å². The number of amides is 1. The van der Waals surface area contributed by atoms with Gasteiger partial charge in [-0.1, -0.05) is 31.0 Å². The fourth-order valence-electron chi connectivity index (χ4n) is 4.09. The van der Waals surface area contributed by atoms with E-state index in [0.29, 0.717) is 11.5 Å². The summed E-state index contributed by atoms with van der Waals surface area (Å²) in [5.41, 5.74) is 1.75. The summed E-state index contributed by atoms with van der Waals surface area (Å²) in [5, 5.41) is 0. The maximum Gasteiger partial charge on any atom is 0.272 e. The molecule has 2 aliphatic heterocycles. The molecular formula is C22H29N5O. The Balaban J connectivity index is 1.45. The maximum atomic E-state index is 13.1. The van der Waals surface area contributed by atoms with Crippen LogP contribution >= 0.6 is 0 Å². The molecule has 2 fully saturated rings. The summed E-state index contributed by atoms with van der Waals surface area (Å²) in [4.78, 5) is 28.7. The van der Waals surface area contributed by atoms with E-state index in [1.54, 1.807) is 0 Å². The number of hydrogen-bond donors (Lipinski definition) is 0. The Hall–Kier alpha value is -2.63. The van der Waals surface area contributed by atoms with Crippen molar-refractivity contribution in [1.29, 1.82) is 0 Å². The Morgan fingerprint density at radius 1 is 0.821 bits per heavy atom. The quantitative estimate of drug-likeness (QED) is 0.820. The zero-order chi connectivity index (χ0) is 19.3. The van der Waals surface area contributed by atoms with Crippen LogP contribution in [0.5, 0.6) is 0 Å². The van der Waals surface area contributed by atoms with Crippen molar-refractivity contribution in [3.8, 4) is 0 Å². The van der Waals surface area contributed by atoms with Crippen LogP contribution < -0.4 is 9.80 Å². The van der Waals surface area contributed by atoms with Crippen molar-refractivity contribution in [3.05, 3.63) is 47.9 Å². The number of carbonyl (C=O) groups is 1. The van der Waals surface area contributed by atoms with Crippen LogP contribution in [0, 0.1) is 6.92 Å². The van der Waals surface area contributed by atoms with E-state index in [9.17, 15) is 4.79 Å². The summed E-state index contributed by atoms with van der Waals surface area (Å²) < 4.78 is 0. The first kappa shape index (κ1) is 18.7. The van der Waals surface area contributed by atoms with E-state index < -0.39 is 0 Å². The Kier molecular flexibility index (Phi) is 5.74. The highest BCUT2D eigenvalue weighted by molar-refractivity contribution is 5.93. The second kappa shape index (κ2) is 8.59. The van der Waals surface area contributed by atoms with Gasteiger partial charge in [0, 0.05) is 51.0 Å².